The molecule has 1 aromatic rings. The number of carbonyl (C=O) groups is 4. The average Bonchev–Trinajstić information content (AvgIpc) is 2.84. The van der Waals surface area contributed by atoms with Crippen molar-refractivity contribution < 1.29 is 38.1 Å². The van der Waals surface area contributed by atoms with Crippen LogP contribution in [-0.2, 0) is 44.7 Å². The van der Waals surface area contributed by atoms with Gasteiger partial charge in [-0.15, -0.1) is 0 Å². The van der Waals surface area contributed by atoms with E-state index in [0.717, 1.165) is 5.56 Å². The van der Waals surface area contributed by atoms with Crippen molar-refractivity contribution in [3.8, 4) is 0 Å². The third-order valence-electron chi connectivity index (χ3n) is 6.62. The molecule has 0 radical (unpaired) electrons. The Morgan fingerprint density at radius 2 is 1.53 bits per heavy atom. The van der Waals surface area contributed by atoms with Gasteiger partial charge in [0.1, 0.15) is 19.3 Å². The van der Waals surface area contributed by atoms with E-state index in [1.54, 1.807) is 34.6 Å². The Morgan fingerprint density at radius 1 is 0.895 bits per heavy atom. The number of hydrogen-bond acceptors (Lipinski definition) is 8. The summed E-state index contributed by atoms with van der Waals surface area (Å²) in [5.74, 6) is -1.09. The standard InChI is InChI=1S/C30H46O8/c1-22(38-28(2,3)4)27(34)29(5,6)30(7,8)36-21-26(33)37-24(19-31)17-13-10-14-18-25(32)35-20-23-15-11-9-12-16-23/h9,11-12,15-16,19,22,24H,10,13-14,17-18,20-21H2,1-8H3. The first-order valence-corrected chi connectivity index (χ1v) is 13.3. The molecule has 2 atom stereocenters. The molecule has 0 saturated carbocycles. The van der Waals surface area contributed by atoms with Crippen LogP contribution in [0.3, 0.4) is 0 Å². The number of hydrogen-bond donors (Lipinski definition) is 0. The van der Waals surface area contributed by atoms with Gasteiger partial charge in [-0.1, -0.05) is 50.6 Å². The molecule has 0 heterocycles. The Balaban J connectivity index is 2.39. The van der Waals surface area contributed by atoms with Crippen molar-refractivity contribution >= 4 is 24.0 Å². The summed E-state index contributed by atoms with van der Waals surface area (Å²) >= 11 is 0. The van der Waals surface area contributed by atoms with Gasteiger partial charge in [-0.2, -0.15) is 0 Å². The lowest BCUT2D eigenvalue weighted by molar-refractivity contribution is -0.177. The van der Waals surface area contributed by atoms with E-state index in [1.165, 1.54) is 0 Å². The topological polar surface area (TPSA) is 105 Å². The Morgan fingerprint density at radius 3 is 2.11 bits per heavy atom. The zero-order valence-electron chi connectivity index (χ0n) is 24.3. The van der Waals surface area contributed by atoms with Crippen molar-refractivity contribution in [2.45, 2.75) is 118 Å². The van der Waals surface area contributed by atoms with Crippen LogP contribution in [0.5, 0.6) is 0 Å². The first-order chi connectivity index (χ1) is 17.6. The van der Waals surface area contributed by atoms with Crippen molar-refractivity contribution in [1.29, 1.82) is 0 Å². The average molecular weight is 535 g/mol. The molecule has 0 aliphatic rings. The van der Waals surface area contributed by atoms with Crippen LogP contribution in [-0.4, -0.2) is 54.0 Å². The van der Waals surface area contributed by atoms with Crippen molar-refractivity contribution in [2.24, 2.45) is 5.41 Å². The molecular weight excluding hydrogens is 488 g/mol. The molecule has 1 rings (SSSR count). The van der Waals surface area contributed by atoms with Gasteiger partial charge in [0.2, 0.25) is 0 Å². The van der Waals surface area contributed by atoms with Gasteiger partial charge in [-0.05, 0) is 66.4 Å². The zero-order chi connectivity index (χ0) is 29.0. The molecular formula is C30H46O8. The maximum Gasteiger partial charge on any atom is 0.332 e. The fourth-order valence-electron chi connectivity index (χ4n) is 3.77. The second kappa shape index (κ2) is 15.1. The Kier molecular flexibility index (Phi) is 13.3. The van der Waals surface area contributed by atoms with Gasteiger partial charge in [0.25, 0.3) is 0 Å². The predicted octanol–water partition coefficient (Wildman–Crippen LogP) is 5.39. The van der Waals surface area contributed by atoms with Gasteiger partial charge >= 0.3 is 11.9 Å². The van der Waals surface area contributed by atoms with Crippen LogP contribution in [0.4, 0.5) is 0 Å². The minimum atomic E-state index is -0.996. The van der Waals surface area contributed by atoms with E-state index in [0.29, 0.717) is 32.0 Å². The Labute approximate surface area is 227 Å². The molecule has 0 fully saturated rings. The molecule has 0 aliphatic heterocycles. The molecule has 0 spiro atoms. The van der Waals surface area contributed by atoms with Crippen molar-refractivity contribution in [3.05, 3.63) is 35.9 Å². The summed E-state index contributed by atoms with van der Waals surface area (Å²) in [4.78, 5) is 48.8. The summed E-state index contributed by atoms with van der Waals surface area (Å²) in [5.41, 5.74) is -1.49. The third kappa shape index (κ3) is 11.9. The summed E-state index contributed by atoms with van der Waals surface area (Å²) in [6.07, 6.45) is 1.61. The van der Waals surface area contributed by atoms with E-state index in [1.807, 2.05) is 51.1 Å². The number of benzene rings is 1. The normalized spacial score (nSPS) is 13.9. The molecule has 0 amide bonds. The number of aldehydes is 1. The lowest BCUT2D eigenvalue weighted by Crippen LogP contribution is -2.52. The predicted molar refractivity (Wildman–Crippen MR) is 144 cm³/mol. The number of ketones is 1. The van der Waals surface area contributed by atoms with E-state index in [9.17, 15) is 19.2 Å². The number of Topliss-reactive ketones (excluding diaryl/α,β-unsaturated/α-hetero) is 1. The molecule has 0 aliphatic carbocycles. The van der Waals surface area contributed by atoms with E-state index in [-0.39, 0.29) is 24.8 Å². The van der Waals surface area contributed by atoms with Crippen LogP contribution >= 0.6 is 0 Å². The van der Waals surface area contributed by atoms with E-state index >= 15 is 0 Å². The summed E-state index contributed by atoms with van der Waals surface area (Å²) in [7, 11) is 0. The van der Waals surface area contributed by atoms with E-state index in [2.05, 4.69) is 0 Å². The van der Waals surface area contributed by atoms with Gasteiger partial charge in [-0.25, -0.2) is 4.79 Å². The smallest absolute Gasteiger partial charge is 0.332 e. The number of ether oxygens (including phenoxy) is 4. The molecule has 0 N–H and O–H groups in total. The molecule has 0 saturated heterocycles. The molecule has 2 unspecified atom stereocenters. The quantitative estimate of drug-likeness (QED) is 0.149. The van der Waals surface area contributed by atoms with Crippen LogP contribution in [0.25, 0.3) is 0 Å². The van der Waals surface area contributed by atoms with Crippen molar-refractivity contribution in [1.82, 2.24) is 0 Å². The van der Waals surface area contributed by atoms with Gasteiger partial charge in [0.05, 0.1) is 16.6 Å². The second-order valence-corrected chi connectivity index (χ2v) is 11.6. The van der Waals surface area contributed by atoms with Gasteiger partial charge in [0.15, 0.2) is 18.2 Å². The third-order valence-corrected chi connectivity index (χ3v) is 6.62. The molecule has 214 valence electrons. The number of esters is 2. The second-order valence-electron chi connectivity index (χ2n) is 11.6. The summed E-state index contributed by atoms with van der Waals surface area (Å²) in [6.45, 7) is 14.2. The highest BCUT2D eigenvalue weighted by molar-refractivity contribution is 5.89. The van der Waals surface area contributed by atoms with Crippen LogP contribution in [0.15, 0.2) is 30.3 Å². The highest BCUT2D eigenvalue weighted by Crippen LogP contribution is 2.36. The largest absolute Gasteiger partial charge is 0.461 e. The summed E-state index contributed by atoms with van der Waals surface area (Å²) < 4.78 is 22.1. The van der Waals surface area contributed by atoms with Gasteiger partial charge in [-0.3, -0.25) is 14.4 Å². The van der Waals surface area contributed by atoms with E-state index < -0.39 is 41.4 Å². The summed E-state index contributed by atoms with van der Waals surface area (Å²) in [6, 6.07) is 9.46. The number of carbonyl (C=O) groups excluding carboxylic acids is 4. The molecule has 38 heavy (non-hydrogen) atoms. The minimum absolute atomic E-state index is 0.138. The fraction of sp³-hybridized carbons (Fsp3) is 0.667. The minimum Gasteiger partial charge on any atom is -0.461 e. The first kappa shape index (κ1) is 33.4. The molecule has 8 nitrogen and oxygen atoms in total. The van der Waals surface area contributed by atoms with E-state index in [4.69, 9.17) is 18.9 Å². The maximum atomic E-state index is 13.1. The monoisotopic (exact) mass is 534 g/mol. The van der Waals surface area contributed by atoms with Crippen molar-refractivity contribution in [2.75, 3.05) is 6.61 Å². The van der Waals surface area contributed by atoms with Gasteiger partial charge in [0, 0.05) is 6.42 Å². The SMILES string of the molecule is CC(OC(C)(C)C)C(=O)C(C)(C)C(C)(C)OCC(=O)OC(C=O)CCCCCC(=O)OCc1ccccc1. The Hall–Kier alpha value is -2.58. The molecule has 0 aromatic heterocycles. The zero-order valence-corrected chi connectivity index (χ0v) is 24.3. The Bertz CT molecular complexity index is 899. The highest BCUT2D eigenvalue weighted by Gasteiger charge is 2.47. The highest BCUT2D eigenvalue weighted by atomic mass is 16.6. The molecule has 8 heteroatoms. The van der Waals surface area contributed by atoms with Crippen LogP contribution in [0, 0.1) is 5.41 Å². The van der Waals surface area contributed by atoms with Crippen molar-refractivity contribution in [3.63, 3.8) is 0 Å². The first-order valence-electron chi connectivity index (χ1n) is 13.3. The number of unbranched alkanes of at least 4 members (excludes halogenated alkanes) is 2. The molecule has 0 bridgehead atoms. The molecule has 1 aromatic carbocycles. The fourth-order valence-corrected chi connectivity index (χ4v) is 3.77. The van der Waals surface area contributed by atoms with Gasteiger partial charge < -0.3 is 18.9 Å². The number of rotatable bonds is 17. The van der Waals surface area contributed by atoms with Crippen LogP contribution in [0.1, 0.15) is 93.1 Å². The maximum absolute atomic E-state index is 13.1. The lowest BCUT2D eigenvalue weighted by atomic mass is 9.72. The summed E-state index contributed by atoms with van der Waals surface area (Å²) in [5, 5.41) is 0. The lowest BCUT2D eigenvalue weighted by Gasteiger charge is -2.41. The van der Waals surface area contributed by atoms with Crippen LogP contribution < -0.4 is 0 Å². The van der Waals surface area contributed by atoms with Crippen LogP contribution in [0.2, 0.25) is 0 Å².